The highest BCUT2D eigenvalue weighted by atomic mass is 32.2. The lowest BCUT2D eigenvalue weighted by Crippen LogP contribution is -2.37. The molecule has 0 atom stereocenters. The van der Waals surface area contributed by atoms with E-state index < -0.39 is 5.97 Å². The van der Waals surface area contributed by atoms with Gasteiger partial charge in [0.2, 0.25) is 0 Å². The maximum absolute atomic E-state index is 11.3. The van der Waals surface area contributed by atoms with Gasteiger partial charge in [-0.25, -0.2) is 9.97 Å². The number of nitriles is 1. The van der Waals surface area contributed by atoms with Crippen LogP contribution in [-0.4, -0.2) is 54.6 Å². The standard InChI is InChI=1S/C20H22N4O4S/c1-27-15-5-4-13(10-16(15)28-2)17-14(11-21)18(23-20(22-17)29-3)24-8-6-12(7-9-24)19(25)26/h4-5,10,12H,6-9H2,1-3H3,(H,25,26). The third kappa shape index (κ3) is 4.22. The molecule has 0 saturated carbocycles. The van der Waals surface area contributed by atoms with Crippen LogP contribution in [0.3, 0.4) is 0 Å². The normalized spacial score (nSPS) is 14.3. The van der Waals surface area contributed by atoms with Crippen molar-refractivity contribution in [1.82, 2.24) is 9.97 Å². The number of anilines is 1. The molecule has 0 amide bonds. The molecule has 1 fully saturated rings. The number of aromatic nitrogens is 2. The number of benzene rings is 1. The van der Waals surface area contributed by atoms with Crippen LogP contribution in [0.15, 0.2) is 23.4 Å². The van der Waals surface area contributed by atoms with E-state index in [9.17, 15) is 15.2 Å². The summed E-state index contributed by atoms with van der Waals surface area (Å²) in [5.74, 6) is 0.542. The molecule has 152 valence electrons. The number of thioether (sulfide) groups is 1. The molecule has 1 aliphatic heterocycles. The maximum Gasteiger partial charge on any atom is 0.306 e. The van der Waals surface area contributed by atoms with Gasteiger partial charge in [0.05, 0.1) is 25.8 Å². The van der Waals surface area contributed by atoms with E-state index >= 15 is 0 Å². The molecule has 1 aliphatic rings. The number of nitrogens with zero attached hydrogens (tertiary/aromatic N) is 4. The molecule has 0 spiro atoms. The molecule has 1 saturated heterocycles. The molecule has 0 radical (unpaired) electrons. The summed E-state index contributed by atoms with van der Waals surface area (Å²) in [6.45, 7) is 1.06. The number of ether oxygens (including phenoxy) is 2. The number of carboxylic acids is 1. The molecule has 8 nitrogen and oxygen atoms in total. The Morgan fingerprint density at radius 1 is 1.24 bits per heavy atom. The van der Waals surface area contributed by atoms with Gasteiger partial charge in [-0.3, -0.25) is 4.79 Å². The first-order valence-corrected chi connectivity index (χ1v) is 10.3. The SMILES string of the molecule is COc1ccc(-c2nc(SC)nc(N3CCC(C(=O)O)CC3)c2C#N)cc1OC. The van der Waals surface area contributed by atoms with Crippen LogP contribution in [0.25, 0.3) is 11.3 Å². The monoisotopic (exact) mass is 414 g/mol. The van der Waals surface area contributed by atoms with E-state index in [0.717, 1.165) is 5.56 Å². The van der Waals surface area contributed by atoms with Crippen molar-refractivity contribution < 1.29 is 19.4 Å². The summed E-state index contributed by atoms with van der Waals surface area (Å²) in [6, 6.07) is 7.63. The maximum atomic E-state index is 11.3. The average Bonchev–Trinajstić information content (AvgIpc) is 2.77. The number of carboxylic acid groups (broad SMARTS) is 1. The molecule has 0 bridgehead atoms. The Balaban J connectivity index is 2.06. The molecule has 3 rings (SSSR count). The van der Waals surface area contributed by atoms with Gasteiger partial charge in [-0.05, 0) is 37.3 Å². The second-order valence-electron chi connectivity index (χ2n) is 6.54. The van der Waals surface area contributed by atoms with Crippen molar-refractivity contribution in [2.75, 3.05) is 38.5 Å². The minimum atomic E-state index is -0.774. The molecular weight excluding hydrogens is 392 g/mol. The van der Waals surface area contributed by atoms with Crippen molar-refractivity contribution in [2.24, 2.45) is 5.92 Å². The van der Waals surface area contributed by atoms with Gasteiger partial charge in [0.25, 0.3) is 0 Å². The number of rotatable bonds is 6. The molecule has 2 aromatic rings. The second kappa shape index (κ2) is 9.01. The first-order valence-electron chi connectivity index (χ1n) is 9.08. The highest BCUT2D eigenvalue weighted by Gasteiger charge is 2.28. The van der Waals surface area contributed by atoms with Crippen LogP contribution in [0.4, 0.5) is 5.82 Å². The van der Waals surface area contributed by atoms with Gasteiger partial charge in [-0.15, -0.1) is 0 Å². The van der Waals surface area contributed by atoms with Gasteiger partial charge < -0.3 is 19.5 Å². The van der Waals surface area contributed by atoms with Crippen molar-refractivity contribution in [3.63, 3.8) is 0 Å². The minimum absolute atomic E-state index is 0.357. The Bertz CT molecular complexity index is 952. The topological polar surface area (TPSA) is 109 Å². The highest BCUT2D eigenvalue weighted by molar-refractivity contribution is 7.98. The summed E-state index contributed by atoms with van der Waals surface area (Å²) in [4.78, 5) is 22.4. The largest absolute Gasteiger partial charge is 0.493 e. The van der Waals surface area contributed by atoms with E-state index in [1.807, 2.05) is 17.2 Å². The van der Waals surface area contributed by atoms with Gasteiger partial charge in [-0.2, -0.15) is 5.26 Å². The summed E-state index contributed by atoms with van der Waals surface area (Å²) in [5, 5.41) is 19.7. The number of carbonyl (C=O) groups is 1. The fourth-order valence-corrected chi connectivity index (χ4v) is 3.74. The van der Waals surface area contributed by atoms with Gasteiger partial charge in [0.1, 0.15) is 11.6 Å². The van der Waals surface area contributed by atoms with E-state index in [1.54, 1.807) is 26.4 Å². The first-order chi connectivity index (χ1) is 14.0. The Morgan fingerprint density at radius 2 is 1.93 bits per heavy atom. The lowest BCUT2D eigenvalue weighted by Gasteiger charge is -2.32. The van der Waals surface area contributed by atoms with Crippen LogP contribution in [0.5, 0.6) is 11.5 Å². The van der Waals surface area contributed by atoms with E-state index in [0.29, 0.717) is 59.7 Å². The van der Waals surface area contributed by atoms with E-state index in [4.69, 9.17) is 9.47 Å². The lowest BCUT2D eigenvalue weighted by molar-refractivity contribution is -0.142. The first kappa shape index (κ1) is 20.7. The number of hydrogen-bond acceptors (Lipinski definition) is 8. The quantitative estimate of drug-likeness (QED) is 0.563. The molecule has 9 heteroatoms. The number of aliphatic carboxylic acids is 1. The van der Waals surface area contributed by atoms with Crippen LogP contribution in [-0.2, 0) is 4.79 Å². The van der Waals surface area contributed by atoms with Gasteiger partial charge in [0, 0.05) is 18.7 Å². The third-order valence-electron chi connectivity index (χ3n) is 4.96. The Kier molecular flexibility index (Phi) is 6.44. The summed E-state index contributed by atoms with van der Waals surface area (Å²) in [6.07, 6.45) is 2.91. The zero-order valence-corrected chi connectivity index (χ0v) is 17.3. The third-order valence-corrected chi connectivity index (χ3v) is 5.51. The molecule has 1 aromatic carbocycles. The molecule has 1 N–H and O–H groups in total. The van der Waals surface area contributed by atoms with E-state index in [1.165, 1.54) is 11.8 Å². The molecule has 1 aromatic heterocycles. The van der Waals surface area contributed by atoms with E-state index in [2.05, 4.69) is 16.0 Å². The summed E-state index contributed by atoms with van der Waals surface area (Å²) < 4.78 is 10.7. The summed E-state index contributed by atoms with van der Waals surface area (Å²) in [7, 11) is 3.12. The van der Waals surface area contributed by atoms with Crippen LogP contribution in [0.2, 0.25) is 0 Å². The van der Waals surface area contributed by atoms with E-state index in [-0.39, 0.29) is 5.92 Å². The molecule has 0 aliphatic carbocycles. The molecule has 0 unspecified atom stereocenters. The van der Waals surface area contributed by atoms with Gasteiger partial charge in [-0.1, -0.05) is 11.8 Å². The van der Waals surface area contributed by atoms with Crippen molar-refractivity contribution >= 4 is 23.5 Å². The zero-order chi connectivity index (χ0) is 21.0. The number of methoxy groups -OCH3 is 2. The van der Waals surface area contributed by atoms with Gasteiger partial charge in [0.15, 0.2) is 22.5 Å². The highest BCUT2D eigenvalue weighted by Crippen LogP contribution is 2.36. The van der Waals surface area contributed by atoms with Crippen molar-refractivity contribution in [1.29, 1.82) is 5.26 Å². The molecular formula is C20H22N4O4S. The van der Waals surface area contributed by atoms with Crippen LogP contribution >= 0.6 is 11.8 Å². The number of hydrogen-bond donors (Lipinski definition) is 1. The fourth-order valence-electron chi connectivity index (χ4n) is 3.38. The predicted molar refractivity (Wildman–Crippen MR) is 110 cm³/mol. The van der Waals surface area contributed by atoms with Crippen molar-refractivity contribution in [3.05, 3.63) is 23.8 Å². The average molecular weight is 414 g/mol. The predicted octanol–water partition coefficient (Wildman–Crippen LogP) is 3.06. The van der Waals surface area contributed by atoms with Gasteiger partial charge >= 0.3 is 5.97 Å². The molecule has 29 heavy (non-hydrogen) atoms. The number of piperidine rings is 1. The van der Waals surface area contributed by atoms with Crippen LogP contribution in [0, 0.1) is 17.2 Å². The smallest absolute Gasteiger partial charge is 0.306 e. The fraction of sp³-hybridized carbons (Fsp3) is 0.400. The Hall–Kier alpha value is -2.99. The Morgan fingerprint density at radius 3 is 2.48 bits per heavy atom. The second-order valence-corrected chi connectivity index (χ2v) is 7.31. The summed E-state index contributed by atoms with van der Waals surface area (Å²) >= 11 is 1.39. The molecule has 2 heterocycles. The lowest BCUT2D eigenvalue weighted by atomic mass is 9.96. The Labute approximate surface area is 173 Å². The minimum Gasteiger partial charge on any atom is -0.493 e. The zero-order valence-electron chi connectivity index (χ0n) is 16.5. The van der Waals surface area contributed by atoms with Crippen LogP contribution < -0.4 is 14.4 Å². The summed E-state index contributed by atoms with van der Waals surface area (Å²) in [5.41, 5.74) is 1.60. The van der Waals surface area contributed by atoms with Crippen molar-refractivity contribution in [2.45, 2.75) is 18.0 Å². The van der Waals surface area contributed by atoms with Crippen molar-refractivity contribution in [3.8, 4) is 28.8 Å². The van der Waals surface area contributed by atoms with Crippen LogP contribution in [0.1, 0.15) is 18.4 Å².